The molecule has 12 heteroatoms. The molecule has 198 valence electrons. The number of aromatic nitrogens is 1. The molecule has 0 fully saturated rings. The third-order valence-electron chi connectivity index (χ3n) is 5.78. The first-order valence-corrected chi connectivity index (χ1v) is 12.5. The van der Waals surface area contributed by atoms with Crippen molar-refractivity contribution in [1.29, 1.82) is 0 Å². The maximum atomic E-state index is 13.1. The smallest absolute Gasteiger partial charge is 0.245 e. The number of aldehydes is 1. The van der Waals surface area contributed by atoms with Gasteiger partial charge >= 0.3 is 0 Å². The van der Waals surface area contributed by atoms with Crippen molar-refractivity contribution in [2.75, 3.05) is 12.3 Å². The van der Waals surface area contributed by atoms with Gasteiger partial charge in [-0.25, -0.2) is 0 Å². The van der Waals surface area contributed by atoms with Gasteiger partial charge in [-0.2, -0.15) is 12.6 Å². The standard InChI is InChI=1S/C24H36N6O5S/c1-14(32)21(24(35)28-16(12-31)13-36)30-23(34)20(8-4-5-9-25)29-22(33)18(26)10-15-11-27-19-7-3-2-6-17(15)19/h2-3,6-7,11-12,14,16,18,20-21,27,32,36H,4-5,8-10,13,25-26H2,1H3,(H,28,35)(H,29,33)(H,30,34)/t14-,16-,18+,20+,21+/m1/s1. The molecule has 11 nitrogen and oxygen atoms in total. The summed E-state index contributed by atoms with van der Waals surface area (Å²) in [4.78, 5) is 52.7. The molecule has 0 spiro atoms. The van der Waals surface area contributed by atoms with E-state index in [9.17, 15) is 24.3 Å². The molecule has 3 amide bonds. The molecule has 1 aromatic heterocycles. The number of hydrogen-bond donors (Lipinski definition) is 8. The molecule has 36 heavy (non-hydrogen) atoms. The molecule has 0 aliphatic heterocycles. The van der Waals surface area contributed by atoms with Crippen LogP contribution in [0.15, 0.2) is 30.5 Å². The topological polar surface area (TPSA) is 192 Å². The van der Waals surface area contributed by atoms with E-state index in [4.69, 9.17) is 11.5 Å². The highest BCUT2D eigenvalue weighted by Crippen LogP contribution is 2.19. The lowest BCUT2D eigenvalue weighted by atomic mass is 10.0. The lowest BCUT2D eigenvalue weighted by molar-refractivity contribution is -0.134. The Kier molecular flexibility index (Phi) is 11.9. The number of carbonyl (C=O) groups excluding carboxylic acids is 4. The Morgan fingerprint density at radius 3 is 2.47 bits per heavy atom. The summed E-state index contributed by atoms with van der Waals surface area (Å²) in [5.41, 5.74) is 13.5. The summed E-state index contributed by atoms with van der Waals surface area (Å²) in [6.45, 7) is 1.75. The molecule has 5 atom stereocenters. The second-order valence-electron chi connectivity index (χ2n) is 8.68. The maximum Gasteiger partial charge on any atom is 0.245 e. The summed E-state index contributed by atoms with van der Waals surface area (Å²) >= 11 is 3.98. The first-order chi connectivity index (χ1) is 17.2. The lowest BCUT2D eigenvalue weighted by Crippen LogP contribution is -2.59. The van der Waals surface area contributed by atoms with E-state index in [2.05, 4.69) is 33.6 Å². The number of rotatable bonds is 15. The Hall–Kier alpha value is -2.93. The number of aliphatic hydroxyl groups is 1. The molecule has 0 unspecified atom stereocenters. The zero-order valence-corrected chi connectivity index (χ0v) is 21.2. The third kappa shape index (κ3) is 8.33. The molecular weight excluding hydrogens is 484 g/mol. The van der Waals surface area contributed by atoms with Gasteiger partial charge in [-0.15, -0.1) is 0 Å². The molecule has 1 heterocycles. The van der Waals surface area contributed by atoms with E-state index in [1.165, 1.54) is 6.92 Å². The molecule has 0 saturated carbocycles. The second kappa shape index (κ2) is 14.6. The average Bonchev–Trinajstić information content (AvgIpc) is 3.27. The van der Waals surface area contributed by atoms with Gasteiger partial charge in [0, 0.05) is 22.9 Å². The van der Waals surface area contributed by atoms with Gasteiger partial charge in [0.1, 0.15) is 18.4 Å². The van der Waals surface area contributed by atoms with Gasteiger partial charge in [0.2, 0.25) is 17.7 Å². The van der Waals surface area contributed by atoms with Crippen LogP contribution in [0, 0.1) is 0 Å². The number of unbranched alkanes of at least 4 members (excludes halogenated alkanes) is 1. The van der Waals surface area contributed by atoms with Crippen molar-refractivity contribution in [3.8, 4) is 0 Å². The Labute approximate surface area is 215 Å². The van der Waals surface area contributed by atoms with Crippen LogP contribution in [-0.2, 0) is 25.6 Å². The number of nitrogens with one attached hydrogen (secondary N) is 4. The zero-order valence-electron chi connectivity index (χ0n) is 20.3. The van der Waals surface area contributed by atoms with Gasteiger partial charge in [-0.1, -0.05) is 18.2 Å². The van der Waals surface area contributed by atoms with Crippen molar-refractivity contribution in [2.24, 2.45) is 11.5 Å². The number of nitrogens with two attached hydrogens (primary N) is 2. The summed E-state index contributed by atoms with van der Waals surface area (Å²) in [6.07, 6.45) is 2.74. The predicted molar refractivity (Wildman–Crippen MR) is 140 cm³/mol. The van der Waals surface area contributed by atoms with Crippen LogP contribution in [0.4, 0.5) is 0 Å². The van der Waals surface area contributed by atoms with Crippen LogP contribution in [0.3, 0.4) is 0 Å². The van der Waals surface area contributed by atoms with Gasteiger partial charge in [0.15, 0.2) is 0 Å². The van der Waals surface area contributed by atoms with Crippen molar-refractivity contribution in [2.45, 2.75) is 62.9 Å². The van der Waals surface area contributed by atoms with Crippen LogP contribution in [0.2, 0.25) is 0 Å². The molecule has 2 rings (SSSR count). The highest BCUT2D eigenvalue weighted by Gasteiger charge is 2.31. The maximum absolute atomic E-state index is 13.1. The van der Waals surface area contributed by atoms with Gasteiger partial charge in [0.05, 0.1) is 18.2 Å². The molecule has 9 N–H and O–H groups in total. The summed E-state index contributed by atoms with van der Waals surface area (Å²) < 4.78 is 0. The Morgan fingerprint density at radius 2 is 1.83 bits per heavy atom. The highest BCUT2D eigenvalue weighted by atomic mass is 32.1. The van der Waals surface area contributed by atoms with E-state index < -0.39 is 48.0 Å². The quantitative estimate of drug-likeness (QED) is 0.0849. The summed E-state index contributed by atoms with van der Waals surface area (Å²) in [6, 6.07) is 3.51. The fourth-order valence-corrected chi connectivity index (χ4v) is 3.90. The number of hydrogen-bond acceptors (Lipinski definition) is 8. The SMILES string of the molecule is C[C@@H](O)[C@H](NC(=O)[C@H](CCCCN)NC(=O)[C@@H](N)Cc1c[nH]c2ccccc12)C(=O)N[C@H](C=O)CS. The summed E-state index contributed by atoms with van der Waals surface area (Å²) in [7, 11) is 0. The Bertz CT molecular complexity index is 1030. The molecule has 0 aliphatic carbocycles. The molecule has 0 saturated heterocycles. The fraction of sp³-hybridized carbons (Fsp3) is 0.500. The van der Waals surface area contributed by atoms with Crippen molar-refractivity contribution < 1.29 is 24.3 Å². The van der Waals surface area contributed by atoms with E-state index in [1.54, 1.807) is 6.20 Å². The monoisotopic (exact) mass is 520 g/mol. The largest absolute Gasteiger partial charge is 0.391 e. The number of carbonyl (C=O) groups is 4. The van der Waals surface area contributed by atoms with E-state index in [0.717, 1.165) is 16.5 Å². The Morgan fingerprint density at radius 1 is 1.11 bits per heavy atom. The van der Waals surface area contributed by atoms with Crippen LogP contribution >= 0.6 is 12.6 Å². The van der Waals surface area contributed by atoms with Crippen LogP contribution < -0.4 is 27.4 Å². The third-order valence-corrected chi connectivity index (χ3v) is 6.18. The van der Waals surface area contributed by atoms with Crippen molar-refractivity contribution in [1.82, 2.24) is 20.9 Å². The molecule has 1 aromatic carbocycles. The minimum Gasteiger partial charge on any atom is -0.391 e. The number of aliphatic hydroxyl groups excluding tert-OH is 1. The van der Waals surface area contributed by atoms with Crippen LogP contribution in [0.5, 0.6) is 0 Å². The van der Waals surface area contributed by atoms with Gasteiger partial charge in [0.25, 0.3) is 0 Å². The fourth-order valence-electron chi connectivity index (χ4n) is 3.72. The minimum absolute atomic E-state index is 0.0573. The molecule has 2 aromatic rings. The van der Waals surface area contributed by atoms with Gasteiger partial charge < -0.3 is 42.3 Å². The number of H-pyrrole nitrogens is 1. The summed E-state index contributed by atoms with van der Waals surface area (Å²) in [5.74, 6) is -1.87. The van der Waals surface area contributed by atoms with Crippen molar-refractivity contribution >= 4 is 47.5 Å². The van der Waals surface area contributed by atoms with Gasteiger partial charge in [-0.3, -0.25) is 14.4 Å². The first-order valence-electron chi connectivity index (χ1n) is 11.9. The number of amides is 3. The molecule has 0 aliphatic rings. The molecule has 0 bridgehead atoms. The highest BCUT2D eigenvalue weighted by molar-refractivity contribution is 7.80. The minimum atomic E-state index is -1.34. The molecule has 0 radical (unpaired) electrons. The van der Waals surface area contributed by atoms with Crippen molar-refractivity contribution in [3.05, 3.63) is 36.0 Å². The predicted octanol–water partition coefficient (Wildman–Crippen LogP) is -0.869. The average molecular weight is 521 g/mol. The normalized spacial score (nSPS) is 15.4. The number of thiol groups is 1. The van der Waals surface area contributed by atoms with E-state index >= 15 is 0 Å². The number of aromatic amines is 1. The van der Waals surface area contributed by atoms with Crippen LogP contribution in [0.25, 0.3) is 10.9 Å². The second-order valence-corrected chi connectivity index (χ2v) is 9.04. The van der Waals surface area contributed by atoms with Crippen LogP contribution in [0.1, 0.15) is 31.7 Å². The number of para-hydroxylation sites is 1. The number of benzene rings is 1. The van der Waals surface area contributed by atoms with Crippen molar-refractivity contribution in [3.63, 3.8) is 0 Å². The number of fused-ring (bicyclic) bond motifs is 1. The summed E-state index contributed by atoms with van der Waals surface area (Å²) in [5, 5.41) is 18.6. The van der Waals surface area contributed by atoms with E-state index in [-0.39, 0.29) is 18.6 Å². The molecular formula is C24H36N6O5S. The van der Waals surface area contributed by atoms with Gasteiger partial charge in [-0.05, 0) is 50.8 Å². The zero-order chi connectivity index (χ0) is 26.7. The lowest BCUT2D eigenvalue weighted by Gasteiger charge is -2.26. The van der Waals surface area contributed by atoms with Crippen LogP contribution in [-0.4, -0.2) is 76.7 Å². The van der Waals surface area contributed by atoms with E-state index in [1.807, 2.05) is 24.3 Å². The van der Waals surface area contributed by atoms with E-state index in [0.29, 0.717) is 25.7 Å². The first kappa shape index (κ1) is 29.3. The Balaban J connectivity index is 2.09.